The second-order valence-electron chi connectivity index (χ2n) is 5.47. The number of hydrogen-bond acceptors (Lipinski definition) is 6. The highest BCUT2D eigenvalue weighted by atomic mass is 32.1. The number of ether oxygens (including phenoxy) is 2. The van der Waals surface area contributed by atoms with Gasteiger partial charge in [0.2, 0.25) is 0 Å². The van der Waals surface area contributed by atoms with Crippen molar-refractivity contribution in [1.82, 2.24) is 4.98 Å². The van der Waals surface area contributed by atoms with Gasteiger partial charge < -0.3 is 9.47 Å². The summed E-state index contributed by atoms with van der Waals surface area (Å²) < 4.78 is 11.6. The van der Waals surface area contributed by atoms with Gasteiger partial charge in [0.05, 0.1) is 15.9 Å². The number of hydrogen-bond donors (Lipinski definition) is 0. The van der Waals surface area contributed by atoms with Gasteiger partial charge in [-0.05, 0) is 30.7 Å². The van der Waals surface area contributed by atoms with Crippen LogP contribution in [-0.2, 0) is 9.53 Å². The average molecular weight is 370 g/mol. The standard InChI is InChI=1S/C19H18N2O4S/c1-2-8-17(22)25-19(23)21(14-9-4-3-5-10-14)13-24-18-20-15-11-6-7-12-16(15)26-18/h3-7,9-12H,2,8,13H2,1H3. The molecule has 0 N–H and O–H groups in total. The molecule has 0 saturated carbocycles. The molecule has 1 amide bonds. The van der Waals surface area contributed by atoms with E-state index in [0.29, 0.717) is 17.3 Å². The molecule has 1 heterocycles. The molecule has 0 bridgehead atoms. The maximum Gasteiger partial charge on any atom is 0.424 e. The highest BCUT2D eigenvalue weighted by Gasteiger charge is 2.21. The number of carbonyl (C=O) groups excluding carboxylic acids is 2. The molecular formula is C19H18N2O4S. The Bertz CT molecular complexity index is 862. The molecule has 0 atom stereocenters. The van der Waals surface area contributed by atoms with Gasteiger partial charge in [-0.25, -0.2) is 14.7 Å². The van der Waals surface area contributed by atoms with Gasteiger partial charge in [-0.15, -0.1) is 0 Å². The van der Waals surface area contributed by atoms with E-state index in [9.17, 15) is 9.59 Å². The fourth-order valence-electron chi connectivity index (χ4n) is 2.28. The van der Waals surface area contributed by atoms with E-state index in [4.69, 9.17) is 9.47 Å². The fraction of sp³-hybridized carbons (Fsp3) is 0.211. The van der Waals surface area contributed by atoms with Crippen molar-refractivity contribution in [3.63, 3.8) is 0 Å². The largest absolute Gasteiger partial charge is 0.448 e. The van der Waals surface area contributed by atoms with E-state index in [1.807, 2.05) is 37.3 Å². The van der Waals surface area contributed by atoms with Crippen LogP contribution in [0.3, 0.4) is 0 Å². The molecular weight excluding hydrogens is 352 g/mol. The number of carbonyl (C=O) groups is 2. The van der Waals surface area contributed by atoms with Gasteiger partial charge in [0.15, 0.2) is 6.73 Å². The van der Waals surface area contributed by atoms with E-state index < -0.39 is 12.1 Å². The summed E-state index contributed by atoms with van der Waals surface area (Å²) in [6.45, 7) is 1.74. The van der Waals surface area contributed by atoms with Crippen molar-refractivity contribution >= 4 is 39.3 Å². The topological polar surface area (TPSA) is 68.7 Å². The van der Waals surface area contributed by atoms with Crippen LogP contribution in [0.1, 0.15) is 19.8 Å². The molecule has 134 valence electrons. The Kier molecular flexibility index (Phi) is 5.80. The first-order valence-corrected chi connectivity index (χ1v) is 9.04. The molecule has 0 aliphatic heterocycles. The van der Waals surface area contributed by atoms with Crippen molar-refractivity contribution in [3.8, 4) is 5.19 Å². The van der Waals surface area contributed by atoms with Crippen LogP contribution in [0.5, 0.6) is 5.19 Å². The highest BCUT2D eigenvalue weighted by molar-refractivity contribution is 7.20. The number of esters is 1. The van der Waals surface area contributed by atoms with Gasteiger partial charge in [0.25, 0.3) is 5.19 Å². The average Bonchev–Trinajstić information content (AvgIpc) is 3.06. The van der Waals surface area contributed by atoms with Gasteiger partial charge in [0.1, 0.15) is 0 Å². The van der Waals surface area contributed by atoms with Crippen molar-refractivity contribution in [2.75, 3.05) is 11.6 Å². The van der Waals surface area contributed by atoms with Crippen molar-refractivity contribution in [1.29, 1.82) is 0 Å². The van der Waals surface area contributed by atoms with E-state index in [2.05, 4.69) is 4.98 Å². The number of fused-ring (bicyclic) bond motifs is 1. The molecule has 6 nitrogen and oxygen atoms in total. The lowest BCUT2D eigenvalue weighted by molar-refractivity contribution is -0.137. The summed E-state index contributed by atoms with van der Waals surface area (Å²) in [6.07, 6.45) is 0.0306. The van der Waals surface area contributed by atoms with Crippen LogP contribution in [0.2, 0.25) is 0 Å². The zero-order valence-electron chi connectivity index (χ0n) is 14.3. The van der Waals surface area contributed by atoms with Crippen LogP contribution < -0.4 is 9.64 Å². The van der Waals surface area contributed by atoms with E-state index in [1.165, 1.54) is 16.2 Å². The van der Waals surface area contributed by atoms with Crippen molar-refractivity contribution < 1.29 is 19.1 Å². The third kappa shape index (κ3) is 4.37. The van der Waals surface area contributed by atoms with Crippen molar-refractivity contribution in [2.45, 2.75) is 19.8 Å². The molecule has 3 rings (SSSR count). The molecule has 0 spiro atoms. The lowest BCUT2D eigenvalue weighted by Gasteiger charge is -2.20. The molecule has 0 aliphatic carbocycles. The molecule has 0 aliphatic rings. The first kappa shape index (κ1) is 17.9. The van der Waals surface area contributed by atoms with E-state index in [-0.39, 0.29) is 13.2 Å². The van der Waals surface area contributed by atoms with Crippen LogP contribution in [0.25, 0.3) is 10.2 Å². The number of benzene rings is 2. The predicted octanol–water partition coefficient (Wildman–Crippen LogP) is 4.60. The molecule has 1 aromatic heterocycles. The lowest BCUT2D eigenvalue weighted by Crippen LogP contribution is -2.36. The second-order valence-corrected chi connectivity index (χ2v) is 6.47. The van der Waals surface area contributed by atoms with Gasteiger partial charge >= 0.3 is 12.1 Å². The zero-order valence-corrected chi connectivity index (χ0v) is 15.1. The van der Waals surface area contributed by atoms with Crippen LogP contribution in [-0.4, -0.2) is 23.8 Å². The Morgan fingerprint density at radius 3 is 2.54 bits per heavy atom. The predicted molar refractivity (Wildman–Crippen MR) is 100 cm³/mol. The SMILES string of the molecule is CCCC(=O)OC(=O)N(COc1nc2ccccc2s1)c1ccccc1. The first-order valence-electron chi connectivity index (χ1n) is 8.23. The molecule has 0 radical (unpaired) electrons. The van der Waals surface area contributed by atoms with Crippen molar-refractivity contribution in [2.24, 2.45) is 0 Å². The number of aromatic nitrogens is 1. The summed E-state index contributed by atoms with van der Waals surface area (Å²) in [6, 6.07) is 16.6. The van der Waals surface area contributed by atoms with E-state index >= 15 is 0 Å². The summed E-state index contributed by atoms with van der Waals surface area (Å²) in [7, 11) is 0. The van der Waals surface area contributed by atoms with Gasteiger partial charge in [-0.2, -0.15) is 0 Å². The Morgan fingerprint density at radius 1 is 1.08 bits per heavy atom. The van der Waals surface area contributed by atoms with E-state index in [0.717, 1.165) is 10.2 Å². The van der Waals surface area contributed by atoms with Gasteiger partial charge in [0, 0.05) is 6.42 Å². The molecule has 0 saturated heterocycles. The Morgan fingerprint density at radius 2 is 1.81 bits per heavy atom. The molecule has 2 aromatic carbocycles. The number of rotatable bonds is 6. The van der Waals surface area contributed by atoms with Gasteiger partial charge in [-0.1, -0.05) is 48.6 Å². The van der Waals surface area contributed by atoms with Gasteiger partial charge in [-0.3, -0.25) is 4.79 Å². The first-order chi connectivity index (χ1) is 12.7. The minimum Gasteiger partial charge on any atom is -0.448 e. The third-order valence-corrected chi connectivity index (χ3v) is 4.48. The van der Waals surface area contributed by atoms with Crippen LogP contribution in [0, 0.1) is 0 Å². The van der Waals surface area contributed by atoms with Crippen LogP contribution in [0.4, 0.5) is 10.5 Å². The summed E-state index contributed by atoms with van der Waals surface area (Å²) >= 11 is 1.39. The molecule has 26 heavy (non-hydrogen) atoms. The maximum atomic E-state index is 12.4. The molecule has 0 unspecified atom stereocenters. The lowest BCUT2D eigenvalue weighted by atomic mass is 10.3. The molecule has 0 fully saturated rings. The maximum absolute atomic E-state index is 12.4. The zero-order chi connectivity index (χ0) is 18.4. The highest BCUT2D eigenvalue weighted by Crippen LogP contribution is 2.27. The monoisotopic (exact) mass is 370 g/mol. The third-order valence-electron chi connectivity index (χ3n) is 3.53. The minimum absolute atomic E-state index is 0.109. The van der Waals surface area contributed by atoms with Crippen LogP contribution in [0.15, 0.2) is 54.6 Å². The summed E-state index contributed by atoms with van der Waals surface area (Å²) in [5, 5.41) is 0.444. The minimum atomic E-state index is -0.768. The molecule has 3 aromatic rings. The Balaban J connectivity index is 1.74. The number of anilines is 1. The number of nitrogens with zero attached hydrogens (tertiary/aromatic N) is 2. The Labute approximate surface area is 155 Å². The normalized spacial score (nSPS) is 10.5. The fourth-order valence-corrected chi connectivity index (χ4v) is 3.09. The number of amides is 1. The van der Waals surface area contributed by atoms with Crippen molar-refractivity contribution in [3.05, 3.63) is 54.6 Å². The Hall–Kier alpha value is -2.93. The van der Waals surface area contributed by atoms with E-state index in [1.54, 1.807) is 24.3 Å². The summed E-state index contributed by atoms with van der Waals surface area (Å²) in [5.41, 5.74) is 1.40. The molecule has 7 heteroatoms. The number of para-hydroxylation sites is 2. The summed E-state index contributed by atoms with van der Waals surface area (Å²) in [5.74, 6) is -0.557. The number of thiazole rings is 1. The summed E-state index contributed by atoms with van der Waals surface area (Å²) in [4.78, 5) is 29.7. The van der Waals surface area contributed by atoms with Crippen LogP contribution >= 0.6 is 11.3 Å². The second kappa shape index (κ2) is 8.44. The quantitative estimate of drug-likeness (QED) is 0.360. The smallest absolute Gasteiger partial charge is 0.424 e.